The fourth-order valence-corrected chi connectivity index (χ4v) is 6.76. The predicted octanol–water partition coefficient (Wildman–Crippen LogP) is 5.96. The van der Waals surface area contributed by atoms with Crippen molar-refractivity contribution in [3.8, 4) is 5.69 Å². The van der Waals surface area contributed by atoms with E-state index in [-0.39, 0.29) is 20.1 Å². The first-order chi connectivity index (χ1) is 15.7. The zero-order valence-electron chi connectivity index (χ0n) is 16.7. The van der Waals surface area contributed by atoms with Crippen LogP contribution in [0.25, 0.3) is 11.3 Å². The lowest BCUT2D eigenvalue weighted by molar-refractivity contribution is 0.247. The molecule has 2 amide bonds. The number of aryl methyl sites for hydroxylation is 1. The van der Waals surface area contributed by atoms with Gasteiger partial charge in [0.2, 0.25) is 0 Å². The summed E-state index contributed by atoms with van der Waals surface area (Å²) < 4.78 is 28.4. The topological polar surface area (TPSA) is 93.1 Å². The van der Waals surface area contributed by atoms with Gasteiger partial charge in [0.15, 0.2) is 0 Å². The first-order valence-electron chi connectivity index (χ1n) is 9.63. The third-order valence-electron chi connectivity index (χ3n) is 4.90. The molecule has 0 saturated carbocycles. The number of amides is 2. The summed E-state index contributed by atoms with van der Waals surface area (Å²) in [6.45, 7) is 0.113. The number of thiophene rings is 1. The van der Waals surface area contributed by atoms with Crippen LogP contribution in [0, 0.1) is 0 Å². The number of fused-ring (bicyclic) bond motifs is 1. The number of carbonyl (C=O) groups excluding carboxylic acids is 1. The molecule has 0 atom stereocenters. The lowest BCUT2D eigenvalue weighted by atomic mass is 9.92. The van der Waals surface area contributed by atoms with E-state index in [1.807, 2.05) is 10.8 Å². The molecule has 0 radical (unpaired) electrons. The summed E-state index contributed by atoms with van der Waals surface area (Å²) in [7, 11) is -4.08. The van der Waals surface area contributed by atoms with Gasteiger partial charge >= 0.3 is 6.03 Å². The fraction of sp³-hybridized carbons (Fsp3) is 0.200. The number of nitrogens with zero attached hydrogens (tertiary/aromatic N) is 2. The number of halogens is 4. The second-order valence-corrected chi connectivity index (χ2v) is 11.9. The van der Waals surface area contributed by atoms with Crippen LogP contribution in [0.5, 0.6) is 0 Å². The zero-order chi connectivity index (χ0) is 23.8. The van der Waals surface area contributed by atoms with Gasteiger partial charge in [-0.2, -0.15) is 5.10 Å². The summed E-state index contributed by atoms with van der Waals surface area (Å²) in [5, 5.41) is 8.13. The molecule has 4 rings (SSSR count). The average molecular weight is 566 g/mol. The van der Waals surface area contributed by atoms with Gasteiger partial charge < -0.3 is 5.32 Å². The van der Waals surface area contributed by atoms with Gasteiger partial charge in [0, 0.05) is 11.6 Å². The van der Waals surface area contributed by atoms with Crippen LogP contribution in [0.2, 0.25) is 19.4 Å². The van der Waals surface area contributed by atoms with Crippen molar-refractivity contribution in [3.63, 3.8) is 0 Å². The lowest BCUT2D eigenvalue weighted by Crippen LogP contribution is -2.39. The minimum atomic E-state index is -4.08. The Balaban J connectivity index is 1.49. The van der Waals surface area contributed by atoms with Crippen molar-refractivity contribution in [2.24, 2.45) is 0 Å². The highest BCUT2D eigenvalue weighted by molar-refractivity contribution is 7.92. The van der Waals surface area contributed by atoms with E-state index in [9.17, 15) is 13.2 Å². The number of carbonyl (C=O) groups is 1. The van der Waals surface area contributed by atoms with Crippen LogP contribution in [0.3, 0.4) is 0 Å². The average Bonchev–Trinajstić information content (AvgIpc) is 3.32. The zero-order valence-corrected chi connectivity index (χ0v) is 21.4. The molecule has 0 unspecified atom stereocenters. The maximum Gasteiger partial charge on any atom is 0.328 e. The second kappa shape index (κ2) is 9.85. The van der Waals surface area contributed by atoms with Crippen molar-refractivity contribution in [3.05, 3.63) is 67.2 Å². The van der Waals surface area contributed by atoms with Crippen LogP contribution in [0.15, 0.2) is 40.7 Å². The normalized spacial score (nSPS) is 14.8. The number of nitrogens with one attached hydrogen (secondary N) is 2. The van der Waals surface area contributed by atoms with Gasteiger partial charge in [-0.3, -0.25) is 0 Å². The number of allylic oxidation sites excluding steroid dienone is 1. The third kappa shape index (κ3) is 5.34. The lowest BCUT2D eigenvalue weighted by Gasteiger charge is -2.19. The molecule has 0 aliphatic heterocycles. The highest BCUT2D eigenvalue weighted by Crippen LogP contribution is 2.35. The number of hydrogen-bond acceptors (Lipinski definition) is 5. The number of sulfonamides is 1. The van der Waals surface area contributed by atoms with Gasteiger partial charge in [0.05, 0.1) is 27.6 Å². The van der Waals surface area contributed by atoms with Gasteiger partial charge in [-0.15, -0.1) is 11.3 Å². The first kappa shape index (κ1) is 24.4. The number of urea groups is 1. The number of rotatable bonds is 5. The largest absolute Gasteiger partial charge is 0.334 e. The van der Waals surface area contributed by atoms with Crippen LogP contribution in [0.1, 0.15) is 24.1 Å². The highest BCUT2D eigenvalue weighted by atomic mass is 35.5. The van der Waals surface area contributed by atoms with E-state index in [1.165, 1.54) is 6.07 Å². The number of aromatic nitrogens is 2. The molecular weight excluding hydrogens is 550 g/mol. The van der Waals surface area contributed by atoms with Crippen LogP contribution in [0.4, 0.5) is 4.79 Å². The molecule has 0 saturated heterocycles. The summed E-state index contributed by atoms with van der Waals surface area (Å²) in [5.74, 6) is 0. The molecule has 2 N–H and O–H groups in total. The van der Waals surface area contributed by atoms with E-state index in [0.717, 1.165) is 47.4 Å². The van der Waals surface area contributed by atoms with Crippen LogP contribution >= 0.6 is 57.7 Å². The summed E-state index contributed by atoms with van der Waals surface area (Å²) in [5.41, 5.74) is 3.64. The smallest absolute Gasteiger partial charge is 0.328 e. The molecule has 2 aromatic heterocycles. The van der Waals surface area contributed by atoms with Crippen LogP contribution in [-0.2, 0) is 16.4 Å². The van der Waals surface area contributed by atoms with Crippen molar-refractivity contribution in [2.45, 2.75) is 23.5 Å². The van der Waals surface area contributed by atoms with E-state index in [1.54, 1.807) is 29.1 Å². The maximum absolute atomic E-state index is 12.3. The first-order valence-corrected chi connectivity index (χ1v) is 13.4. The monoisotopic (exact) mass is 564 g/mol. The summed E-state index contributed by atoms with van der Waals surface area (Å²) >= 11 is 24.8. The maximum atomic E-state index is 12.3. The minimum absolute atomic E-state index is 0.109. The molecule has 1 aliphatic rings. The number of benzene rings is 1. The Morgan fingerprint density at radius 3 is 2.64 bits per heavy atom. The Labute approximate surface area is 214 Å². The Morgan fingerprint density at radius 1 is 1.15 bits per heavy atom. The molecule has 1 aromatic carbocycles. The van der Waals surface area contributed by atoms with Gasteiger partial charge in [-0.05, 0) is 54.7 Å². The van der Waals surface area contributed by atoms with Gasteiger partial charge in [0.25, 0.3) is 10.0 Å². The standard InChI is InChI=1S/C20H16Cl4N4O3S2/c21-13-4-5-16(14(22)8-13)28-18-11(2-1-3-12(18)10-26-28)6-7-25-20(29)27-33(30,31)17-9-15(23)19(24)32-17/h4-6,8-10H,1-3,7H2,(H2,25,27,29). The van der Waals surface area contributed by atoms with Gasteiger partial charge in [-0.25, -0.2) is 22.6 Å². The van der Waals surface area contributed by atoms with Crippen LogP contribution < -0.4 is 10.0 Å². The SMILES string of the molecule is O=C(NCC=C1CCCc2cnn(-c3ccc(Cl)cc3Cl)c21)NS(=O)(=O)c1cc(Cl)c(Cl)s1. The molecule has 13 heteroatoms. The fourth-order valence-electron chi connectivity index (χ4n) is 3.46. The molecule has 0 bridgehead atoms. The van der Waals surface area contributed by atoms with E-state index < -0.39 is 16.1 Å². The van der Waals surface area contributed by atoms with E-state index in [4.69, 9.17) is 46.4 Å². The minimum Gasteiger partial charge on any atom is -0.334 e. The highest BCUT2D eigenvalue weighted by Gasteiger charge is 2.23. The van der Waals surface area contributed by atoms with E-state index >= 15 is 0 Å². The molecule has 0 fully saturated rings. The van der Waals surface area contributed by atoms with E-state index in [0.29, 0.717) is 15.7 Å². The summed E-state index contributed by atoms with van der Waals surface area (Å²) in [6, 6.07) is 5.52. The molecule has 33 heavy (non-hydrogen) atoms. The van der Waals surface area contributed by atoms with Gasteiger partial charge in [0.1, 0.15) is 8.55 Å². The Bertz CT molecular complexity index is 1350. The van der Waals surface area contributed by atoms with Crippen molar-refractivity contribution in [2.75, 3.05) is 6.54 Å². The molecule has 3 aromatic rings. The van der Waals surface area contributed by atoms with Crippen molar-refractivity contribution >= 4 is 79.4 Å². The quantitative estimate of drug-likeness (QED) is 0.399. The summed E-state index contributed by atoms with van der Waals surface area (Å²) in [4.78, 5) is 12.2. The van der Waals surface area contributed by atoms with Crippen molar-refractivity contribution in [1.29, 1.82) is 0 Å². The Kier molecular flexibility index (Phi) is 7.28. The molecular formula is C20H16Cl4N4O3S2. The molecule has 1 aliphatic carbocycles. The second-order valence-electron chi connectivity index (χ2n) is 7.11. The Morgan fingerprint density at radius 2 is 1.94 bits per heavy atom. The van der Waals surface area contributed by atoms with E-state index in [2.05, 4.69) is 10.4 Å². The van der Waals surface area contributed by atoms with Gasteiger partial charge in [-0.1, -0.05) is 52.5 Å². The number of hydrogen-bond donors (Lipinski definition) is 2. The van der Waals surface area contributed by atoms with Crippen molar-refractivity contribution in [1.82, 2.24) is 19.8 Å². The van der Waals surface area contributed by atoms with Crippen molar-refractivity contribution < 1.29 is 13.2 Å². The Hall–Kier alpha value is -1.75. The summed E-state index contributed by atoms with van der Waals surface area (Å²) in [6.07, 6.45) is 6.22. The molecule has 174 valence electrons. The third-order valence-corrected chi connectivity index (χ3v) is 9.11. The molecule has 0 spiro atoms. The molecule has 7 nitrogen and oxygen atoms in total. The van der Waals surface area contributed by atoms with Crippen LogP contribution in [-0.4, -0.2) is 30.8 Å². The molecule has 2 heterocycles. The predicted molar refractivity (Wildman–Crippen MR) is 133 cm³/mol.